The number of rotatable bonds is 3. The third-order valence-electron chi connectivity index (χ3n) is 3.06. The lowest BCUT2D eigenvalue weighted by molar-refractivity contribution is 0.104. The van der Waals surface area contributed by atoms with E-state index in [4.69, 9.17) is 23.2 Å². The molecule has 1 aromatic carbocycles. The number of hydrogen-bond acceptors (Lipinski definition) is 3. The molecular formula is C15H9Cl2N3O2. The molecule has 0 aliphatic heterocycles. The number of carbonyl (C=O) groups is 1. The van der Waals surface area contributed by atoms with Crippen molar-refractivity contribution in [3.05, 3.63) is 68.3 Å². The van der Waals surface area contributed by atoms with Gasteiger partial charge in [-0.15, -0.1) is 0 Å². The minimum Gasteiger partial charge on any atom is -0.306 e. The van der Waals surface area contributed by atoms with Crippen LogP contribution in [0.1, 0.15) is 15.9 Å². The topological polar surface area (TPSA) is 78.6 Å². The lowest BCUT2D eigenvalue weighted by atomic mass is 10.1. The Labute approximate surface area is 134 Å². The smallest absolute Gasteiger partial charge is 0.306 e. The average Bonchev–Trinajstić information content (AvgIpc) is 2.85. The van der Waals surface area contributed by atoms with Crippen LogP contribution in [-0.4, -0.2) is 20.7 Å². The normalized spacial score (nSPS) is 11.4. The summed E-state index contributed by atoms with van der Waals surface area (Å²) in [7, 11) is 0. The summed E-state index contributed by atoms with van der Waals surface area (Å²) in [5.41, 5.74) is 1.97. The molecule has 2 N–H and O–H groups in total. The van der Waals surface area contributed by atoms with E-state index in [9.17, 15) is 9.59 Å². The molecule has 0 saturated carbocycles. The predicted octanol–water partition coefficient (Wildman–Crippen LogP) is 3.45. The van der Waals surface area contributed by atoms with Gasteiger partial charge >= 0.3 is 5.69 Å². The maximum absolute atomic E-state index is 12.2. The molecule has 5 nitrogen and oxygen atoms in total. The summed E-state index contributed by atoms with van der Waals surface area (Å²) in [6.45, 7) is 0. The van der Waals surface area contributed by atoms with Crippen LogP contribution >= 0.6 is 23.2 Å². The van der Waals surface area contributed by atoms with Crippen LogP contribution in [0.3, 0.4) is 0 Å². The molecule has 2 aromatic heterocycles. The van der Waals surface area contributed by atoms with Crippen molar-refractivity contribution in [1.82, 2.24) is 15.0 Å². The molecule has 0 aliphatic rings. The van der Waals surface area contributed by atoms with E-state index < -0.39 is 0 Å². The van der Waals surface area contributed by atoms with Crippen LogP contribution < -0.4 is 5.69 Å². The number of hydrogen-bond donors (Lipinski definition) is 2. The van der Waals surface area contributed by atoms with Crippen molar-refractivity contribution in [2.24, 2.45) is 0 Å². The van der Waals surface area contributed by atoms with E-state index in [-0.39, 0.29) is 21.8 Å². The standard InChI is InChI=1S/C15H9Cl2N3O2/c16-13-6-3-8(14(17)20-13)2-5-12(21)9-1-4-10-11(7-9)19-15(22)18-10/h1-7H,(H2,18,19,22)/b5-2+. The lowest BCUT2D eigenvalue weighted by Crippen LogP contribution is -1.99. The number of fused-ring (bicyclic) bond motifs is 1. The highest BCUT2D eigenvalue weighted by atomic mass is 35.5. The van der Waals surface area contributed by atoms with Crippen molar-refractivity contribution < 1.29 is 4.79 Å². The van der Waals surface area contributed by atoms with Gasteiger partial charge in [-0.1, -0.05) is 23.2 Å². The summed E-state index contributed by atoms with van der Waals surface area (Å²) in [4.78, 5) is 32.5. The van der Waals surface area contributed by atoms with E-state index in [1.807, 2.05) is 0 Å². The van der Waals surface area contributed by atoms with Gasteiger partial charge in [0.1, 0.15) is 10.3 Å². The number of ketones is 1. The first-order chi connectivity index (χ1) is 10.5. The molecule has 110 valence electrons. The quantitative estimate of drug-likeness (QED) is 0.437. The molecule has 0 amide bonds. The molecule has 0 unspecified atom stereocenters. The fourth-order valence-electron chi connectivity index (χ4n) is 1.99. The van der Waals surface area contributed by atoms with E-state index in [1.165, 1.54) is 6.08 Å². The zero-order chi connectivity index (χ0) is 15.7. The van der Waals surface area contributed by atoms with Gasteiger partial charge in [0.15, 0.2) is 5.78 Å². The van der Waals surface area contributed by atoms with Gasteiger partial charge in [0, 0.05) is 11.1 Å². The number of imidazole rings is 1. The number of benzene rings is 1. The third kappa shape index (κ3) is 2.95. The fraction of sp³-hybridized carbons (Fsp3) is 0. The van der Waals surface area contributed by atoms with Gasteiger partial charge in [-0.3, -0.25) is 4.79 Å². The summed E-state index contributed by atoms with van der Waals surface area (Å²) in [6, 6.07) is 8.19. The minimum absolute atomic E-state index is 0.213. The molecule has 3 aromatic rings. The van der Waals surface area contributed by atoms with E-state index in [0.29, 0.717) is 22.2 Å². The Morgan fingerprint density at radius 3 is 2.64 bits per heavy atom. The van der Waals surface area contributed by atoms with Crippen LogP contribution in [0, 0.1) is 0 Å². The molecule has 2 heterocycles. The van der Waals surface area contributed by atoms with Gasteiger partial charge in [0.25, 0.3) is 0 Å². The Bertz CT molecular complexity index is 957. The van der Waals surface area contributed by atoms with Crippen LogP contribution in [0.5, 0.6) is 0 Å². The van der Waals surface area contributed by atoms with Crippen LogP contribution in [0.15, 0.2) is 41.2 Å². The molecule has 0 radical (unpaired) electrons. The molecular weight excluding hydrogens is 325 g/mol. The second kappa shape index (κ2) is 5.79. The summed E-state index contributed by atoms with van der Waals surface area (Å²) >= 11 is 11.7. The number of nitrogens with zero attached hydrogens (tertiary/aromatic N) is 1. The van der Waals surface area contributed by atoms with E-state index in [0.717, 1.165) is 0 Å². The largest absolute Gasteiger partial charge is 0.323 e. The second-order valence-corrected chi connectivity index (χ2v) is 5.30. The Morgan fingerprint density at radius 1 is 1.09 bits per heavy atom. The zero-order valence-corrected chi connectivity index (χ0v) is 12.6. The summed E-state index contributed by atoms with van der Waals surface area (Å²) in [6.07, 6.45) is 2.96. The number of pyridine rings is 1. The number of allylic oxidation sites excluding steroid dienone is 1. The third-order valence-corrected chi connectivity index (χ3v) is 3.57. The van der Waals surface area contributed by atoms with Crippen molar-refractivity contribution in [3.8, 4) is 0 Å². The number of carbonyl (C=O) groups excluding carboxylic acids is 1. The highest BCUT2D eigenvalue weighted by Gasteiger charge is 2.06. The number of halogens is 2. The van der Waals surface area contributed by atoms with Crippen LogP contribution in [0.2, 0.25) is 10.3 Å². The highest BCUT2D eigenvalue weighted by Crippen LogP contribution is 2.18. The maximum Gasteiger partial charge on any atom is 0.323 e. The molecule has 0 aliphatic carbocycles. The monoisotopic (exact) mass is 333 g/mol. The average molecular weight is 334 g/mol. The fourth-order valence-corrected chi connectivity index (χ4v) is 2.40. The van der Waals surface area contributed by atoms with Crippen LogP contribution in [-0.2, 0) is 0 Å². The van der Waals surface area contributed by atoms with Crippen LogP contribution in [0.4, 0.5) is 0 Å². The summed E-state index contributed by atoms with van der Waals surface area (Å²) in [5.74, 6) is -0.213. The summed E-state index contributed by atoms with van der Waals surface area (Å²) < 4.78 is 0. The Hall–Kier alpha value is -2.37. The van der Waals surface area contributed by atoms with Crippen molar-refractivity contribution in [2.45, 2.75) is 0 Å². The minimum atomic E-state index is -0.311. The van der Waals surface area contributed by atoms with Crippen molar-refractivity contribution in [2.75, 3.05) is 0 Å². The number of aromatic nitrogens is 3. The zero-order valence-electron chi connectivity index (χ0n) is 11.1. The van der Waals surface area contributed by atoms with Gasteiger partial charge in [0.2, 0.25) is 0 Å². The van der Waals surface area contributed by atoms with Gasteiger partial charge in [-0.2, -0.15) is 0 Å². The highest BCUT2D eigenvalue weighted by molar-refractivity contribution is 6.33. The lowest BCUT2D eigenvalue weighted by Gasteiger charge is -1.98. The first-order valence-corrected chi connectivity index (χ1v) is 7.05. The number of nitrogens with one attached hydrogen (secondary N) is 2. The van der Waals surface area contributed by atoms with Gasteiger partial charge < -0.3 is 9.97 Å². The number of H-pyrrole nitrogens is 2. The van der Waals surface area contributed by atoms with Crippen molar-refractivity contribution in [3.63, 3.8) is 0 Å². The van der Waals surface area contributed by atoms with Gasteiger partial charge in [0.05, 0.1) is 11.0 Å². The molecule has 3 rings (SSSR count). The van der Waals surface area contributed by atoms with Gasteiger partial charge in [-0.25, -0.2) is 9.78 Å². The molecule has 0 saturated heterocycles. The van der Waals surface area contributed by atoms with E-state index in [2.05, 4.69) is 15.0 Å². The Balaban J connectivity index is 1.88. The second-order valence-electron chi connectivity index (χ2n) is 4.55. The molecule has 0 spiro atoms. The Kier molecular flexibility index (Phi) is 3.83. The first-order valence-electron chi connectivity index (χ1n) is 6.29. The van der Waals surface area contributed by atoms with E-state index in [1.54, 1.807) is 36.4 Å². The predicted molar refractivity (Wildman–Crippen MR) is 86.5 cm³/mol. The summed E-state index contributed by atoms with van der Waals surface area (Å²) in [5, 5.41) is 0.511. The van der Waals surface area contributed by atoms with E-state index >= 15 is 0 Å². The number of aromatic amines is 2. The molecule has 0 bridgehead atoms. The molecule has 0 fully saturated rings. The molecule has 22 heavy (non-hydrogen) atoms. The SMILES string of the molecule is O=C(/C=C/c1ccc(Cl)nc1Cl)c1ccc2[nH]c(=O)[nH]c2c1. The Morgan fingerprint density at radius 2 is 1.86 bits per heavy atom. The van der Waals surface area contributed by atoms with Gasteiger partial charge in [-0.05, 0) is 42.5 Å². The maximum atomic E-state index is 12.2. The van der Waals surface area contributed by atoms with Crippen LogP contribution in [0.25, 0.3) is 17.1 Å². The molecule has 7 heteroatoms. The first kappa shape index (κ1) is 14.6. The molecule has 0 atom stereocenters. The van der Waals surface area contributed by atoms with Crippen molar-refractivity contribution in [1.29, 1.82) is 0 Å². The van der Waals surface area contributed by atoms with Crippen molar-refractivity contribution >= 4 is 46.1 Å².